The fraction of sp³-hybridized carbons (Fsp3) is 0.667. The van der Waals surface area contributed by atoms with Crippen molar-refractivity contribution in [3.8, 4) is 0 Å². The minimum absolute atomic E-state index is 0.0225. The average Bonchev–Trinajstić information content (AvgIpc) is 2.61. The summed E-state index contributed by atoms with van der Waals surface area (Å²) < 4.78 is 0. The Morgan fingerprint density at radius 1 is 1.41 bits per heavy atom. The third-order valence-electron chi connectivity index (χ3n) is 3.11. The van der Waals surface area contributed by atoms with Crippen molar-refractivity contribution in [2.24, 2.45) is 0 Å². The van der Waals surface area contributed by atoms with Crippen molar-refractivity contribution < 1.29 is 4.79 Å². The molecule has 1 heterocycles. The van der Waals surface area contributed by atoms with Crippen LogP contribution in [0.2, 0.25) is 0 Å². The van der Waals surface area contributed by atoms with Crippen LogP contribution in [0.4, 0.5) is 0 Å². The van der Waals surface area contributed by atoms with Crippen molar-refractivity contribution in [2.45, 2.75) is 50.9 Å². The van der Waals surface area contributed by atoms with Crippen LogP contribution in [-0.4, -0.2) is 22.3 Å². The van der Waals surface area contributed by atoms with E-state index < -0.39 is 0 Å². The first-order valence-electron chi connectivity index (χ1n) is 5.97. The lowest BCUT2D eigenvalue weighted by atomic mass is 9.95. The molecular formula is C12H17ClN2OS. The van der Waals surface area contributed by atoms with E-state index in [9.17, 15) is 4.79 Å². The number of aryl methyl sites for hydroxylation is 2. The molecule has 1 amide bonds. The highest BCUT2D eigenvalue weighted by atomic mass is 35.5. The first-order valence-corrected chi connectivity index (χ1v) is 7.22. The molecule has 1 aliphatic rings. The zero-order chi connectivity index (χ0) is 12.4. The molecule has 2 atom stereocenters. The average molecular weight is 273 g/mol. The molecule has 0 spiro atoms. The predicted molar refractivity (Wildman–Crippen MR) is 71.0 cm³/mol. The summed E-state index contributed by atoms with van der Waals surface area (Å²) in [6.07, 6.45) is 4.29. The van der Waals surface area contributed by atoms with Crippen molar-refractivity contribution >= 4 is 28.8 Å². The summed E-state index contributed by atoms with van der Waals surface area (Å²) in [5, 5.41) is 4.04. The van der Waals surface area contributed by atoms with Gasteiger partial charge in [-0.15, -0.1) is 22.9 Å². The van der Waals surface area contributed by atoms with Crippen molar-refractivity contribution in [3.63, 3.8) is 0 Å². The standard InChI is InChI=1S/C12H17ClN2OS/c1-7-11(17-8(2)14-7)12(16)15-10-6-4-3-5-9(10)13/h9-10H,3-6H2,1-2H3,(H,15,16). The molecule has 0 saturated heterocycles. The Bertz CT molecular complexity index is 419. The summed E-state index contributed by atoms with van der Waals surface area (Å²) in [6.45, 7) is 3.79. The molecule has 0 bridgehead atoms. The highest BCUT2D eigenvalue weighted by molar-refractivity contribution is 7.13. The van der Waals surface area contributed by atoms with E-state index in [0.29, 0.717) is 0 Å². The maximum Gasteiger partial charge on any atom is 0.263 e. The Hall–Kier alpha value is -0.610. The Kier molecular flexibility index (Phi) is 4.05. The zero-order valence-electron chi connectivity index (χ0n) is 10.1. The summed E-state index contributed by atoms with van der Waals surface area (Å²) in [5.41, 5.74) is 0.812. The predicted octanol–water partition coefficient (Wildman–Crippen LogP) is 3.04. The Labute approximate surface area is 111 Å². The summed E-state index contributed by atoms with van der Waals surface area (Å²) in [5.74, 6) is -0.0225. The van der Waals surface area contributed by atoms with E-state index in [0.717, 1.165) is 34.8 Å². The number of halogens is 1. The maximum atomic E-state index is 12.1. The van der Waals surface area contributed by atoms with Gasteiger partial charge in [0.25, 0.3) is 5.91 Å². The molecule has 1 aliphatic carbocycles. The number of alkyl halides is 1. The van der Waals surface area contributed by atoms with Crippen LogP contribution < -0.4 is 5.32 Å². The van der Waals surface area contributed by atoms with Crippen LogP contribution in [0.15, 0.2) is 0 Å². The van der Waals surface area contributed by atoms with Crippen LogP contribution in [-0.2, 0) is 0 Å². The molecule has 2 unspecified atom stereocenters. The highest BCUT2D eigenvalue weighted by Gasteiger charge is 2.26. The highest BCUT2D eigenvalue weighted by Crippen LogP contribution is 2.24. The topological polar surface area (TPSA) is 42.0 Å². The summed E-state index contributed by atoms with van der Waals surface area (Å²) in [4.78, 5) is 17.1. The first kappa shape index (κ1) is 12.8. The Balaban J connectivity index is 2.03. The lowest BCUT2D eigenvalue weighted by Crippen LogP contribution is -2.42. The summed E-state index contributed by atoms with van der Waals surface area (Å²) in [7, 11) is 0. The van der Waals surface area contributed by atoms with E-state index in [2.05, 4.69) is 10.3 Å². The van der Waals surface area contributed by atoms with E-state index in [1.807, 2.05) is 13.8 Å². The minimum Gasteiger partial charge on any atom is -0.347 e. The number of carbonyl (C=O) groups excluding carboxylic acids is 1. The van der Waals surface area contributed by atoms with Gasteiger partial charge in [-0.2, -0.15) is 0 Å². The van der Waals surface area contributed by atoms with Gasteiger partial charge in [0.2, 0.25) is 0 Å². The number of rotatable bonds is 2. The minimum atomic E-state index is -0.0225. The molecule has 0 aliphatic heterocycles. The molecule has 1 aromatic heterocycles. The summed E-state index contributed by atoms with van der Waals surface area (Å²) >= 11 is 7.68. The Morgan fingerprint density at radius 2 is 2.12 bits per heavy atom. The zero-order valence-corrected chi connectivity index (χ0v) is 11.7. The van der Waals surface area contributed by atoms with E-state index in [1.54, 1.807) is 0 Å². The molecular weight excluding hydrogens is 256 g/mol. The number of aromatic nitrogens is 1. The van der Waals surface area contributed by atoms with Crippen LogP contribution >= 0.6 is 22.9 Å². The van der Waals surface area contributed by atoms with Gasteiger partial charge in [0.1, 0.15) is 4.88 Å². The molecule has 1 aromatic rings. The lowest BCUT2D eigenvalue weighted by molar-refractivity contribution is 0.0932. The van der Waals surface area contributed by atoms with Gasteiger partial charge in [-0.3, -0.25) is 4.79 Å². The monoisotopic (exact) mass is 272 g/mol. The number of nitrogens with one attached hydrogen (secondary N) is 1. The number of hydrogen-bond donors (Lipinski definition) is 1. The molecule has 0 aromatic carbocycles. The SMILES string of the molecule is Cc1nc(C)c(C(=O)NC2CCCCC2Cl)s1. The third-order valence-corrected chi connectivity index (χ3v) is 4.70. The quantitative estimate of drug-likeness (QED) is 0.841. The second-order valence-electron chi connectivity index (χ2n) is 4.53. The van der Waals surface area contributed by atoms with Gasteiger partial charge in [0.15, 0.2) is 0 Å². The number of thiazole rings is 1. The summed E-state index contributed by atoms with van der Waals surface area (Å²) in [6, 6.07) is 0.111. The van der Waals surface area contributed by atoms with Gasteiger partial charge in [0.05, 0.1) is 16.1 Å². The molecule has 1 N–H and O–H groups in total. The van der Waals surface area contributed by atoms with Crippen LogP contribution in [0, 0.1) is 13.8 Å². The third kappa shape index (κ3) is 2.99. The van der Waals surface area contributed by atoms with E-state index >= 15 is 0 Å². The fourth-order valence-electron chi connectivity index (χ4n) is 2.22. The van der Waals surface area contributed by atoms with E-state index in [1.165, 1.54) is 17.8 Å². The van der Waals surface area contributed by atoms with Crippen molar-refractivity contribution in [2.75, 3.05) is 0 Å². The largest absolute Gasteiger partial charge is 0.347 e. The number of hydrogen-bond acceptors (Lipinski definition) is 3. The molecule has 3 nitrogen and oxygen atoms in total. The first-order chi connectivity index (χ1) is 8.08. The van der Waals surface area contributed by atoms with Gasteiger partial charge in [-0.1, -0.05) is 12.8 Å². The normalized spacial score (nSPS) is 24.6. The lowest BCUT2D eigenvalue weighted by Gasteiger charge is -2.27. The second-order valence-corrected chi connectivity index (χ2v) is 6.29. The van der Waals surface area contributed by atoms with Crippen molar-refractivity contribution in [1.82, 2.24) is 10.3 Å². The van der Waals surface area contributed by atoms with Gasteiger partial charge in [-0.25, -0.2) is 4.98 Å². The number of carbonyl (C=O) groups is 1. The number of amides is 1. The molecule has 1 fully saturated rings. The van der Waals surface area contributed by atoms with Gasteiger partial charge in [-0.05, 0) is 26.7 Å². The molecule has 0 radical (unpaired) electrons. The van der Waals surface area contributed by atoms with Crippen LogP contribution in [0.5, 0.6) is 0 Å². The van der Waals surface area contributed by atoms with E-state index in [4.69, 9.17) is 11.6 Å². The fourth-order valence-corrected chi connectivity index (χ4v) is 3.39. The van der Waals surface area contributed by atoms with Crippen LogP contribution in [0.25, 0.3) is 0 Å². The second kappa shape index (κ2) is 5.36. The Morgan fingerprint density at radius 3 is 2.71 bits per heavy atom. The van der Waals surface area contributed by atoms with Gasteiger partial charge >= 0.3 is 0 Å². The van der Waals surface area contributed by atoms with Gasteiger partial charge in [0, 0.05) is 6.04 Å². The maximum absolute atomic E-state index is 12.1. The van der Waals surface area contributed by atoms with Crippen LogP contribution in [0.1, 0.15) is 46.1 Å². The molecule has 2 rings (SSSR count). The van der Waals surface area contributed by atoms with Gasteiger partial charge < -0.3 is 5.32 Å². The van der Waals surface area contributed by atoms with E-state index in [-0.39, 0.29) is 17.3 Å². The molecule has 17 heavy (non-hydrogen) atoms. The molecule has 5 heteroatoms. The van der Waals surface area contributed by atoms with Crippen molar-refractivity contribution in [1.29, 1.82) is 0 Å². The van der Waals surface area contributed by atoms with Crippen LogP contribution in [0.3, 0.4) is 0 Å². The molecule has 1 saturated carbocycles. The molecule has 94 valence electrons. The number of nitrogens with zero attached hydrogens (tertiary/aromatic N) is 1. The van der Waals surface area contributed by atoms with Crippen molar-refractivity contribution in [3.05, 3.63) is 15.6 Å². The smallest absolute Gasteiger partial charge is 0.263 e.